The van der Waals surface area contributed by atoms with E-state index in [0.717, 1.165) is 0 Å². The van der Waals surface area contributed by atoms with Crippen molar-refractivity contribution in [3.05, 3.63) is 0 Å². The third-order valence-electron chi connectivity index (χ3n) is 2.28. The van der Waals surface area contributed by atoms with Gasteiger partial charge in [-0.15, -0.1) is 0 Å². The van der Waals surface area contributed by atoms with Crippen LogP contribution in [0.2, 0.25) is 0 Å². The molecule has 1 heterocycles. The summed E-state index contributed by atoms with van der Waals surface area (Å²) in [4.78, 5) is 0. The van der Waals surface area contributed by atoms with Gasteiger partial charge in [-0.2, -0.15) is 5.11 Å². The van der Waals surface area contributed by atoms with Crippen molar-refractivity contribution in [1.82, 2.24) is 5.01 Å². The molecule has 0 bridgehead atoms. The molecule has 0 aromatic rings. The van der Waals surface area contributed by atoms with Gasteiger partial charge in [0.05, 0.1) is 0 Å². The molecule has 1 saturated carbocycles. The second-order valence-corrected chi connectivity index (χ2v) is 3.36. The Morgan fingerprint density at radius 1 is 1.45 bits per heavy atom. The molecular formula is C7H13N3O. The van der Waals surface area contributed by atoms with Crippen molar-refractivity contribution in [2.75, 3.05) is 7.11 Å². The first-order valence-corrected chi connectivity index (χ1v) is 3.97. The Kier molecular flexibility index (Phi) is 1.39. The van der Waals surface area contributed by atoms with Gasteiger partial charge in [-0.05, 0) is 13.8 Å². The molecule has 4 nitrogen and oxygen atoms in total. The summed E-state index contributed by atoms with van der Waals surface area (Å²) in [5.74, 6) is 0. The number of ether oxygens (including phenoxy) is 1. The third kappa shape index (κ3) is 0.854. The van der Waals surface area contributed by atoms with Gasteiger partial charge in [0.1, 0.15) is 18.2 Å². The van der Waals surface area contributed by atoms with Gasteiger partial charge >= 0.3 is 0 Å². The summed E-state index contributed by atoms with van der Waals surface area (Å²) >= 11 is 0. The fraction of sp³-hybridized carbons (Fsp3) is 1.00. The Morgan fingerprint density at radius 3 is 2.64 bits per heavy atom. The normalized spacial score (nSPS) is 40.0. The lowest BCUT2D eigenvalue weighted by Crippen LogP contribution is -2.28. The van der Waals surface area contributed by atoms with Crippen LogP contribution in [0, 0.1) is 0 Å². The van der Waals surface area contributed by atoms with E-state index >= 15 is 0 Å². The van der Waals surface area contributed by atoms with Crippen LogP contribution in [-0.4, -0.2) is 36.3 Å². The van der Waals surface area contributed by atoms with Crippen molar-refractivity contribution in [2.24, 2.45) is 10.3 Å². The maximum absolute atomic E-state index is 5.21. The molecule has 2 rings (SSSR count). The topological polar surface area (TPSA) is 37.2 Å². The highest BCUT2D eigenvalue weighted by atomic mass is 16.5. The molecule has 3 unspecified atom stereocenters. The van der Waals surface area contributed by atoms with E-state index < -0.39 is 0 Å². The minimum atomic E-state index is 0.301. The minimum absolute atomic E-state index is 0.301. The fourth-order valence-electron chi connectivity index (χ4n) is 1.60. The summed E-state index contributed by atoms with van der Waals surface area (Å²) in [5, 5.41) is 10.2. The van der Waals surface area contributed by atoms with Crippen molar-refractivity contribution in [2.45, 2.75) is 38.1 Å². The molecule has 4 heteroatoms. The number of fused-ring (bicyclic) bond motifs is 1. The Bertz CT molecular complexity index is 192. The fourth-order valence-corrected chi connectivity index (χ4v) is 1.60. The highest BCUT2D eigenvalue weighted by molar-refractivity contribution is 5.14. The SMILES string of the molecule is COC1C2N=NN(C(C)C)C21. The Morgan fingerprint density at radius 2 is 2.18 bits per heavy atom. The molecular weight excluding hydrogens is 142 g/mol. The number of hydrogen-bond acceptors (Lipinski definition) is 4. The summed E-state index contributed by atoms with van der Waals surface area (Å²) < 4.78 is 5.21. The molecule has 0 N–H and O–H groups in total. The van der Waals surface area contributed by atoms with Crippen LogP contribution < -0.4 is 0 Å². The highest BCUT2D eigenvalue weighted by Gasteiger charge is 2.59. The first kappa shape index (κ1) is 7.03. The largest absolute Gasteiger partial charge is 0.377 e. The summed E-state index contributed by atoms with van der Waals surface area (Å²) in [6.45, 7) is 4.24. The van der Waals surface area contributed by atoms with Crippen molar-refractivity contribution >= 4 is 0 Å². The molecule has 3 atom stereocenters. The summed E-state index contributed by atoms with van der Waals surface area (Å²) in [7, 11) is 1.73. The highest BCUT2D eigenvalue weighted by Crippen LogP contribution is 2.40. The molecule has 0 amide bonds. The van der Waals surface area contributed by atoms with Crippen LogP contribution >= 0.6 is 0 Å². The van der Waals surface area contributed by atoms with Gasteiger partial charge in [0.2, 0.25) is 0 Å². The van der Waals surface area contributed by atoms with Crippen LogP contribution in [0.5, 0.6) is 0 Å². The Labute approximate surface area is 66.2 Å². The minimum Gasteiger partial charge on any atom is -0.377 e. The van der Waals surface area contributed by atoms with E-state index in [0.29, 0.717) is 24.2 Å². The van der Waals surface area contributed by atoms with E-state index in [1.165, 1.54) is 0 Å². The molecule has 0 saturated heterocycles. The van der Waals surface area contributed by atoms with Crippen molar-refractivity contribution < 1.29 is 4.74 Å². The van der Waals surface area contributed by atoms with Crippen molar-refractivity contribution in [3.8, 4) is 0 Å². The van der Waals surface area contributed by atoms with Crippen LogP contribution in [-0.2, 0) is 4.74 Å². The van der Waals surface area contributed by atoms with Gasteiger partial charge in [-0.25, -0.2) is 0 Å². The van der Waals surface area contributed by atoms with Gasteiger partial charge in [0.15, 0.2) is 0 Å². The lowest BCUT2D eigenvalue weighted by atomic mass is 10.4. The second kappa shape index (κ2) is 2.17. The number of methoxy groups -OCH3 is 1. The summed E-state index contributed by atoms with van der Waals surface area (Å²) in [6.07, 6.45) is 0.301. The average Bonchev–Trinajstić information content (AvgIpc) is 2.48. The van der Waals surface area contributed by atoms with Gasteiger partial charge in [0, 0.05) is 13.2 Å². The molecule has 0 aromatic carbocycles. The zero-order valence-electron chi connectivity index (χ0n) is 7.06. The van der Waals surface area contributed by atoms with Crippen molar-refractivity contribution in [1.29, 1.82) is 0 Å². The second-order valence-electron chi connectivity index (χ2n) is 3.36. The molecule has 0 spiro atoms. The van der Waals surface area contributed by atoms with E-state index in [-0.39, 0.29) is 0 Å². The predicted octanol–water partition coefficient (Wildman–Crippen LogP) is 0.843. The predicted molar refractivity (Wildman–Crippen MR) is 40.2 cm³/mol. The molecule has 0 radical (unpaired) electrons. The molecule has 2 aliphatic rings. The van der Waals surface area contributed by atoms with Crippen LogP contribution in [0.25, 0.3) is 0 Å². The van der Waals surface area contributed by atoms with E-state index in [9.17, 15) is 0 Å². The molecule has 62 valence electrons. The summed E-state index contributed by atoms with van der Waals surface area (Å²) in [6, 6.07) is 1.19. The lowest BCUT2D eigenvalue weighted by molar-refractivity contribution is 0.115. The number of rotatable bonds is 2. The van der Waals surface area contributed by atoms with E-state index in [2.05, 4.69) is 24.2 Å². The lowest BCUT2D eigenvalue weighted by Gasteiger charge is -2.18. The average molecular weight is 155 g/mol. The van der Waals surface area contributed by atoms with Crippen LogP contribution in [0.15, 0.2) is 10.3 Å². The van der Waals surface area contributed by atoms with Gasteiger partial charge in [0.25, 0.3) is 0 Å². The smallest absolute Gasteiger partial charge is 0.126 e. The quantitative estimate of drug-likeness (QED) is 0.592. The number of hydrogen-bond donors (Lipinski definition) is 0. The first-order chi connectivity index (χ1) is 5.25. The first-order valence-electron chi connectivity index (χ1n) is 3.97. The van der Waals surface area contributed by atoms with E-state index in [1.54, 1.807) is 7.11 Å². The van der Waals surface area contributed by atoms with E-state index in [4.69, 9.17) is 4.74 Å². The van der Waals surface area contributed by atoms with Crippen LogP contribution in [0.4, 0.5) is 0 Å². The van der Waals surface area contributed by atoms with Crippen LogP contribution in [0.1, 0.15) is 13.8 Å². The Hall–Kier alpha value is -0.640. The maximum atomic E-state index is 5.21. The standard InChI is InChI=1S/C7H13N3O/c1-4(2)10-6-5(8-9-10)7(6)11-3/h4-7H,1-3H3. The molecule has 11 heavy (non-hydrogen) atoms. The molecule has 1 aliphatic carbocycles. The number of nitrogens with zero attached hydrogens (tertiary/aromatic N) is 3. The van der Waals surface area contributed by atoms with Gasteiger partial charge in [-0.3, -0.25) is 5.01 Å². The van der Waals surface area contributed by atoms with Crippen molar-refractivity contribution in [3.63, 3.8) is 0 Å². The zero-order valence-corrected chi connectivity index (χ0v) is 7.06. The molecule has 1 aliphatic heterocycles. The summed E-state index contributed by atoms with van der Waals surface area (Å²) in [5.41, 5.74) is 0. The molecule has 1 fully saturated rings. The zero-order chi connectivity index (χ0) is 8.01. The van der Waals surface area contributed by atoms with Gasteiger partial charge < -0.3 is 4.74 Å². The van der Waals surface area contributed by atoms with E-state index in [1.807, 2.05) is 5.01 Å². The van der Waals surface area contributed by atoms with Gasteiger partial charge in [-0.1, -0.05) is 5.22 Å². The third-order valence-corrected chi connectivity index (χ3v) is 2.28. The monoisotopic (exact) mass is 155 g/mol. The Balaban J connectivity index is 2.02. The molecule has 0 aromatic heterocycles. The maximum Gasteiger partial charge on any atom is 0.126 e. The van der Waals surface area contributed by atoms with Crippen LogP contribution in [0.3, 0.4) is 0 Å².